The molecule has 0 atom stereocenters. The molecule has 0 aromatic heterocycles. The van der Waals surface area contributed by atoms with Gasteiger partial charge in [-0.1, -0.05) is 11.6 Å². The van der Waals surface area contributed by atoms with Gasteiger partial charge in [0.25, 0.3) is 5.91 Å². The number of amides is 1. The Balaban J connectivity index is 2.69. The Morgan fingerprint density at radius 3 is 1.57 bits per heavy atom. The molecule has 0 aliphatic heterocycles. The maximum absolute atomic E-state index is 14.5. The molecule has 2 nitrogen and oxygen atoms in total. The molecule has 1 aliphatic carbocycles. The number of carbonyl (C=O) groups excluding carboxylic acids is 1. The summed E-state index contributed by atoms with van der Waals surface area (Å²) >= 11 is 5.52. The van der Waals surface area contributed by atoms with Crippen molar-refractivity contribution in [2.45, 2.75) is 42.2 Å². The van der Waals surface area contributed by atoms with E-state index in [1.54, 1.807) is 0 Å². The van der Waals surface area contributed by atoms with Crippen molar-refractivity contribution in [2.24, 2.45) is 0 Å². The second kappa shape index (κ2) is 5.86. The average Bonchev–Trinajstić information content (AvgIpc) is 2.54. The number of rotatable bonds is 2. The Hall–Kier alpha value is -1.79. The number of halogens is 12. The zero-order chi connectivity index (χ0) is 22.1. The second-order valence-electron chi connectivity index (χ2n) is 5.94. The summed E-state index contributed by atoms with van der Waals surface area (Å²) in [5.74, 6) is -39.9. The number of anilines is 1. The second-order valence-corrected chi connectivity index (χ2v) is 6.38. The number of carbonyl (C=O) groups is 1. The van der Waals surface area contributed by atoms with Gasteiger partial charge in [0.2, 0.25) is 0 Å². The normalized spacial score (nSPS) is 25.8. The molecule has 0 spiro atoms. The van der Waals surface area contributed by atoms with Crippen LogP contribution in [-0.4, -0.2) is 41.2 Å². The topological polar surface area (TPSA) is 29.1 Å². The predicted molar refractivity (Wildman–Crippen MR) is 73.4 cm³/mol. The largest absolute Gasteiger partial charge is 0.384 e. The molecular formula is C14H7ClF11NO. The summed E-state index contributed by atoms with van der Waals surface area (Å²) in [4.78, 5) is 11.8. The van der Waals surface area contributed by atoms with Crippen LogP contribution >= 0.6 is 11.6 Å². The lowest BCUT2D eigenvalue weighted by Gasteiger charge is -2.51. The maximum Gasteiger partial charge on any atom is 0.384 e. The van der Waals surface area contributed by atoms with E-state index >= 15 is 0 Å². The summed E-state index contributed by atoms with van der Waals surface area (Å²) in [6.45, 7) is 1.07. The molecular weight excluding hydrogens is 443 g/mol. The van der Waals surface area contributed by atoms with Gasteiger partial charge in [0.15, 0.2) is 0 Å². The van der Waals surface area contributed by atoms with Gasteiger partial charge in [-0.3, -0.25) is 4.79 Å². The van der Waals surface area contributed by atoms with Gasteiger partial charge in [-0.2, -0.15) is 43.9 Å². The van der Waals surface area contributed by atoms with Crippen molar-refractivity contribution in [2.75, 3.05) is 5.32 Å². The fraction of sp³-hybridized carbons (Fsp3) is 0.500. The molecule has 0 saturated heterocycles. The van der Waals surface area contributed by atoms with Crippen molar-refractivity contribution < 1.29 is 53.1 Å². The quantitative estimate of drug-likeness (QED) is 0.595. The van der Waals surface area contributed by atoms with Gasteiger partial charge in [0, 0.05) is 10.7 Å². The van der Waals surface area contributed by atoms with E-state index in [2.05, 4.69) is 0 Å². The van der Waals surface area contributed by atoms with Crippen LogP contribution in [0.25, 0.3) is 0 Å². The van der Waals surface area contributed by atoms with Crippen LogP contribution in [0.5, 0.6) is 0 Å². The van der Waals surface area contributed by atoms with E-state index in [0.717, 1.165) is 30.4 Å². The lowest BCUT2D eigenvalue weighted by atomic mass is 9.71. The van der Waals surface area contributed by atoms with E-state index in [4.69, 9.17) is 11.6 Å². The summed E-state index contributed by atoms with van der Waals surface area (Å²) < 4.78 is 149. The molecule has 0 radical (unpaired) electrons. The van der Waals surface area contributed by atoms with Crippen LogP contribution in [0.2, 0.25) is 5.02 Å². The molecule has 0 bridgehead atoms. The molecule has 1 aromatic carbocycles. The van der Waals surface area contributed by atoms with Gasteiger partial charge in [-0.05, 0) is 30.7 Å². The Labute approximate surface area is 153 Å². The van der Waals surface area contributed by atoms with Gasteiger partial charge < -0.3 is 5.32 Å². The number of aryl methyl sites for hydroxylation is 1. The first-order chi connectivity index (χ1) is 12.3. The van der Waals surface area contributed by atoms with E-state index in [9.17, 15) is 53.1 Å². The van der Waals surface area contributed by atoms with Gasteiger partial charge in [0.1, 0.15) is 0 Å². The smallest absolute Gasteiger partial charge is 0.323 e. The Morgan fingerprint density at radius 1 is 0.786 bits per heavy atom. The van der Waals surface area contributed by atoms with Crippen LogP contribution in [0.3, 0.4) is 0 Å². The van der Waals surface area contributed by atoms with Crippen LogP contribution in [0.15, 0.2) is 18.2 Å². The molecule has 1 aliphatic rings. The predicted octanol–water partition coefficient (Wildman–Crippen LogP) is 5.49. The molecule has 28 heavy (non-hydrogen) atoms. The van der Waals surface area contributed by atoms with Crippen LogP contribution < -0.4 is 5.32 Å². The molecule has 158 valence electrons. The third kappa shape index (κ3) is 2.31. The third-order valence-electron chi connectivity index (χ3n) is 4.19. The molecule has 2 rings (SSSR count). The van der Waals surface area contributed by atoms with E-state index in [1.807, 2.05) is 0 Å². The van der Waals surface area contributed by atoms with Crippen LogP contribution in [0, 0.1) is 6.92 Å². The minimum absolute atomic E-state index is 0.0449. The molecule has 1 aromatic rings. The summed E-state index contributed by atoms with van der Waals surface area (Å²) in [6.07, 6.45) is 0. The third-order valence-corrected chi connectivity index (χ3v) is 4.43. The molecule has 1 N–H and O–H groups in total. The highest BCUT2D eigenvalue weighted by Crippen LogP contribution is 2.69. The van der Waals surface area contributed by atoms with Gasteiger partial charge >= 0.3 is 35.3 Å². The number of nitrogens with one attached hydrogen (secondary N) is 1. The minimum Gasteiger partial charge on any atom is -0.323 e. The lowest BCUT2D eigenvalue weighted by Crippen LogP contribution is -2.86. The molecule has 0 heterocycles. The van der Waals surface area contributed by atoms with Crippen molar-refractivity contribution in [1.82, 2.24) is 0 Å². The number of benzene rings is 1. The Kier molecular flexibility index (Phi) is 4.71. The van der Waals surface area contributed by atoms with Crippen molar-refractivity contribution in [3.8, 4) is 0 Å². The first kappa shape index (κ1) is 22.5. The van der Waals surface area contributed by atoms with Crippen LogP contribution in [-0.2, 0) is 4.79 Å². The first-order valence-electron chi connectivity index (χ1n) is 6.96. The van der Waals surface area contributed by atoms with E-state index < -0.39 is 46.9 Å². The van der Waals surface area contributed by atoms with Crippen molar-refractivity contribution in [1.29, 1.82) is 0 Å². The first-order valence-corrected chi connectivity index (χ1v) is 7.34. The number of alkyl halides is 11. The zero-order valence-corrected chi connectivity index (χ0v) is 13.9. The van der Waals surface area contributed by atoms with Gasteiger partial charge in [-0.25, -0.2) is 4.39 Å². The van der Waals surface area contributed by atoms with Crippen LogP contribution in [0.4, 0.5) is 54.0 Å². The van der Waals surface area contributed by atoms with Gasteiger partial charge in [0.05, 0.1) is 0 Å². The summed E-state index contributed by atoms with van der Waals surface area (Å²) in [6, 6.07) is 2.63. The average molecular weight is 450 g/mol. The Bertz CT molecular complexity index is 794. The summed E-state index contributed by atoms with van der Waals surface area (Å²) in [5, 5.41) is 0.973. The Morgan fingerprint density at radius 2 is 1.18 bits per heavy atom. The van der Waals surface area contributed by atoms with E-state index in [0.29, 0.717) is 0 Å². The van der Waals surface area contributed by atoms with Crippen molar-refractivity contribution in [3.05, 3.63) is 28.8 Å². The maximum atomic E-state index is 14.5. The molecule has 0 unspecified atom stereocenters. The van der Waals surface area contributed by atoms with Crippen molar-refractivity contribution >= 4 is 23.2 Å². The highest BCUT2D eigenvalue weighted by Gasteiger charge is 3.02. The minimum atomic E-state index is -7.38. The molecule has 1 fully saturated rings. The fourth-order valence-electron chi connectivity index (χ4n) is 2.48. The van der Waals surface area contributed by atoms with E-state index in [-0.39, 0.29) is 10.6 Å². The van der Waals surface area contributed by atoms with Crippen LogP contribution in [0.1, 0.15) is 5.56 Å². The monoisotopic (exact) mass is 449 g/mol. The SMILES string of the molecule is Cc1cc(Cl)ccc1NC(=O)C1(F)C(F)(F)C(F)(F)C(F)(F)C(F)(F)C1(F)F. The summed E-state index contributed by atoms with van der Waals surface area (Å²) in [5.41, 5.74) is -7.68. The fourth-order valence-corrected chi connectivity index (χ4v) is 2.71. The molecule has 1 amide bonds. The lowest BCUT2D eigenvalue weighted by molar-refractivity contribution is -0.475. The highest BCUT2D eigenvalue weighted by molar-refractivity contribution is 6.30. The number of hydrogen-bond acceptors (Lipinski definition) is 1. The molecule has 14 heteroatoms. The number of hydrogen-bond donors (Lipinski definition) is 1. The highest BCUT2D eigenvalue weighted by atomic mass is 35.5. The molecule has 1 saturated carbocycles. The van der Waals surface area contributed by atoms with Gasteiger partial charge in [-0.15, -0.1) is 0 Å². The standard InChI is InChI=1S/C14H7ClF11NO/c1-5-4-6(15)2-3-7(5)27-8(28)9(16)10(17,18)12(21,22)14(25,26)13(23,24)11(9,19)20/h2-4H,1H3,(H,27,28). The zero-order valence-electron chi connectivity index (χ0n) is 13.2. The van der Waals surface area contributed by atoms with E-state index in [1.165, 1.54) is 0 Å². The summed E-state index contributed by atoms with van der Waals surface area (Å²) in [7, 11) is 0. The van der Waals surface area contributed by atoms with Crippen molar-refractivity contribution in [3.63, 3.8) is 0 Å².